The Morgan fingerprint density at radius 2 is 2.00 bits per heavy atom. The Labute approximate surface area is 115 Å². The third-order valence-electron chi connectivity index (χ3n) is 3.22. The highest BCUT2D eigenvalue weighted by atomic mass is 19.1. The highest BCUT2D eigenvalue weighted by molar-refractivity contribution is 5.86. The molecule has 5 nitrogen and oxygen atoms in total. The van der Waals surface area contributed by atoms with Crippen molar-refractivity contribution in [2.24, 2.45) is 0 Å². The molecule has 1 aromatic carbocycles. The number of anilines is 1. The lowest BCUT2D eigenvalue weighted by Gasteiger charge is -2.18. The lowest BCUT2D eigenvalue weighted by atomic mass is 10.2. The molecule has 0 fully saturated rings. The van der Waals surface area contributed by atoms with Gasteiger partial charge in [-0.25, -0.2) is 14.4 Å². The third-order valence-corrected chi connectivity index (χ3v) is 3.22. The van der Waals surface area contributed by atoms with Crippen LogP contribution in [-0.4, -0.2) is 27.2 Å². The minimum absolute atomic E-state index is 0.220. The topological polar surface area (TPSA) is 57.7 Å². The molecular formula is C14H14FN5. The Kier molecular flexibility index (Phi) is 3.06. The van der Waals surface area contributed by atoms with Crippen LogP contribution in [0.1, 0.15) is 11.3 Å². The SMILES string of the molecule is Cc1[nH]nc2c(N(C)Cc3ccccc3F)ncnc12. The van der Waals surface area contributed by atoms with Crippen LogP contribution in [0.25, 0.3) is 11.0 Å². The normalized spacial score (nSPS) is 10.9. The highest BCUT2D eigenvalue weighted by Crippen LogP contribution is 2.23. The molecule has 3 rings (SSSR count). The second kappa shape index (κ2) is 4.88. The third kappa shape index (κ3) is 2.09. The summed E-state index contributed by atoms with van der Waals surface area (Å²) in [7, 11) is 1.86. The summed E-state index contributed by atoms with van der Waals surface area (Å²) in [5.41, 5.74) is 3.00. The van der Waals surface area contributed by atoms with E-state index in [0.717, 1.165) is 11.2 Å². The Balaban J connectivity index is 1.97. The molecule has 0 spiro atoms. The lowest BCUT2D eigenvalue weighted by Crippen LogP contribution is -2.19. The van der Waals surface area contributed by atoms with Gasteiger partial charge >= 0.3 is 0 Å². The van der Waals surface area contributed by atoms with E-state index in [4.69, 9.17) is 0 Å². The summed E-state index contributed by atoms with van der Waals surface area (Å²) in [5.74, 6) is 0.463. The number of hydrogen-bond donors (Lipinski definition) is 1. The van der Waals surface area contributed by atoms with E-state index in [1.54, 1.807) is 12.1 Å². The molecule has 3 aromatic rings. The molecule has 2 heterocycles. The number of hydrogen-bond acceptors (Lipinski definition) is 4. The molecule has 0 aliphatic rings. The number of halogens is 1. The van der Waals surface area contributed by atoms with E-state index in [-0.39, 0.29) is 5.82 Å². The van der Waals surface area contributed by atoms with Crippen LogP contribution in [0.5, 0.6) is 0 Å². The number of aryl methyl sites for hydroxylation is 1. The molecule has 0 saturated heterocycles. The van der Waals surface area contributed by atoms with Crippen LogP contribution in [-0.2, 0) is 6.54 Å². The van der Waals surface area contributed by atoms with Gasteiger partial charge in [-0.2, -0.15) is 5.10 Å². The number of fused-ring (bicyclic) bond motifs is 1. The summed E-state index contributed by atoms with van der Waals surface area (Å²) < 4.78 is 13.7. The molecule has 2 aromatic heterocycles. The van der Waals surface area contributed by atoms with E-state index in [1.165, 1.54) is 12.4 Å². The Morgan fingerprint density at radius 1 is 1.20 bits per heavy atom. The summed E-state index contributed by atoms with van der Waals surface area (Å²) in [6.07, 6.45) is 1.50. The van der Waals surface area contributed by atoms with Crippen molar-refractivity contribution in [1.82, 2.24) is 20.2 Å². The molecule has 0 saturated carbocycles. The molecule has 0 aliphatic carbocycles. The first-order valence-electron chi connectivity index (χ1n) is 6.27. The highest BCUT2D eigenvalue weighted by Gasteiger charge is 2.14. The molecule has 0 unspecified atom stereocenters. The van der Waals surface area contributed by atoms with E-state index in [0.29, 0.717) is 23.4 Å². The average molecular weight is 271 g/mol. The van der Waals surface area contributed by atoms with Gasteiger partial charge in [0.25, 0.3) is 0 Å². The van der Waals surface area contributed by atoms with Crippen molar-refractivity contribution in [3.05, 3.63) is 47.7 Å². The van der Waals surface area contributed by atoms with E-state index in [9.17, 15) is 4.39 Å². The maximum Gasteiger partial charge on any atom is 0.160 e. The summed E-state index contributed by atoms with van der Waals surface area (Å²) in [6, 6.07) is 6.72. The quantitative estimate of drug-likeness (QED) is 0.795. The first-order valence-corrected chi connectivity index (χ1v) is 6.27. The number of aromatic nitrogens is 4. The fourth-order valence-corrected chi connectivity index (χ4v) is 2.18. The van der Waals surface area contributed by atoms with Gasteiger partial charge in [0.05, 0.1) is 5.69 Å². The van der Waals surface area contributed by atoms with Gasteiger partial charge in [0.2, 0.25) is 0 Å². The van der Waals surface area contributed by atoms with Crippen LogP contribution in [0.15, 0.2) is 30.6 Å². The van der Waals surface area contributed by atoms with Crippen molar-refractivity contribution in [3.63, 3.8) is 0 Å². The first-order chi connectivity index (χ1) is 9.66. The lowest BCUT2D eigenvalue weighted by molar-refractivity contribution is 0.607. The Morgan fingerprint density at radius 3 is 2.80 bits per heavy atom. The summed E-state index contributed by atoms with van der Waals surface area (Å²) in [5, 5.41) is 7.11. The fourth-order valence-electron chi connectivity index (χ4n) is 2.18. The van der Waals surface area contributed by atoms with E-state index in [2.05, 4.69) is 20.2 Å². The van der Waals surface area contributed by atoms with E-state index >= 15 is 0 Å². The minimum atomic E-state index is -0.220. The molecule has 0 amide bonds. The largest absolute Gasteiger partial charge is 0.353 e. The van der Waals surface area contributed by atoms with Crippen LogP contribution in [0.2, 0.25) is 0 Å². The van der Waals surface area contributed by atoms with Crippen LogP contribution < -0.4 is 4.90 Å². The summed E-state index contributed by atoms with van der Waals surface area (Å²) in [4.78, 5) is 10.3. The van der Waals surface area contributed by atoms with Gasteiger partial charge in [-0.3, -0.25) is 5.10 Å². The predicted molar refractivity (Wildman–Crippen MR) is 74.9 cm³/mol. The first kappa shape index (κ1) is 12.5. The van der Waals surface area contributed by atoms with Gasteiger partial charge in [0.1, 0.15) is 17.7 Å². The number of nitrogens with one attached hydrogen (secondary N) is 1. The molecular weight excluding hydrogens is 257 g/mol. The van der Waals surface area contributed by atoms with Crippen molar-refractivity contribution in [3.8, 4) is 0 Å². The zero-order valence-electron chi connectivity index (χ0n) is 11.3. The molecule has 0 atom stereocenters. The fraction of sp³-hybridized carbons (Fsp3) is 0.214. The van der Waals surface area contributed by atoms with E-state index < -0.39 is 0 Å². The van der Waals surface area contributed by atoms with Crippen molar-refractivity contribution < 1.29 is 4.39 Å². The second-order valence-corrected chi connectivity index (χ2v) is 4.69. The van der Waals surface area contributed by atoms with Crippen LogP contribution in [0.3, 0.4) is 0 Å². The number of H-pyrrole nitrogens is 1. The standard InChI is InChI=1S/C14H14FN5/c1-9-12-13(19-18-9)14(17-8-16-12)20(2)7-10-5-3-4-6-11(10)15/h3-6,8H,7H2,1-2H3,(H,18,19). The molecule has 20 heavy (non-hydrogen) atoms. The molecule has 1 N–H and O–H groups in total. The Hall–Kier alpha value is -2.50. The number of rotatable bonds is 3. The smallest absolute Gasteiger partial charge is 0.160 e. The van der Waals surface area contributed by atoms with Crippen molar-refractivity contribution in [2.75, 3.05) is 11.9 Å². The van der Waals surface area contributed by atoms with Gasteiger partial charge in [0, 0.05) is 19.2 Å². The van der Waals surface area contributed by atoms with Crippen molar-refractivity contribution in [2.45, 2.75) is 13.5 Å². The maximum absolute atomic E-state index is 13.7. The number of nitrogens with zero attached hydrogens (tertiary/aromatic N) is 4. The molecule has 0 radical (unpaired) electrons. The van der Waals surface area contributed by atoms with Gasteiger partial charge in [0.15, 0.2) is 11.3 Å². The van der Waals surface area contributed by atoms with Crippen LogP contribution in [0, 0.1) is 12.7 Å². The zero-order chi connectivity index (χ0) is 14.1. The second-order valence-electron chi connectivity index (χ2n) is 4.69. The molecule has 102 valence electrons. The summed E-state index contributed by atoms with van der Waals surface area (Å²) >= 11 is 0. The average Bonchev–Trinajstić information content (AvgIpc) is 2.83. The van der Waals surface area contributed by atoms with Gasteiger partial charge in [-0.1, -0.05) is 18.2 Å². The van der Waals surface area contributed by atoms with Gasteiger partial charge in [-0.15, -0.1) is 0 Å². The minimum Gasteiger partial charge on any atom is -0.353 e. The van der Waals surface area contributed by atoms with Gasteiger partial charge in [-0.05, 0) is 13.0 Å². The maximum atomic E-state index is 13.7. The van der Waals surface area contributed by atoms with Crippen molar-refractivity contribution >= 4 is 16.9 Å². The molecule has 0 bridgehead atoms. The zero-order valence-corrected chi connectivity index (χ0v) is 11.3. The molecule has 0 aliphatic heterocycles. The van der Waals surface area contributed by atoms with Crippen molar-refractivity contribution in [1.29, 1.82) is 0 Å². The summed E-state index contributed by atoms with van der Waals surface area (Å²) in [6.45, 7) is 2.33. The Bertz CT molecular complexity index is 752. The number of aromatic amines is 1. The monoisotopic (exact) mass is 271 g/mol. The number of benzene rings is 1. The predicted octanol–water partition coefficient (Wildman–Crippen LogP) is 2.44. The van der Waals surface area contributed by atoms with E-state index in [1.807, 2.05) is 24.9 Å². The van der Waals surface area contributed by atoms with Crippen LogP contribution >= 0.6 is 0 Å². The molecule has 6 heteroatoms. The van der Waals surface area contributed by atoms with Crippen LogP contribution in [0.4, 0.5) is 10.2 Å². The van der Waals surface area contributed by atoms with Gasteiger partial charge < -0.3 is 4.90 Å².